The summed E-state index contributed by atoms with van der Waals surface area (Å²) in [4.78, 5) is 26.2. The van der Waals surface area contributed by atoms with Gasteiger partial charge in [-0.2, -0.15) is 5.10 Å². The summed E-state index contributed by atoms with van der Waals surface area (Å²) in [7, 11) is 0. The molecule has 186 valence electrons. The minimum absolute atomic E-state index is 0.117. The van der Waals surface area contributed by atoms with Crippen LogP contribution in [0.25, 0.3) is 11.2 Å². The second-order valence-corrected chi connectivity index (χ2v) is 10.6. The molecule has 0 aliphatic carbocycles. The number of anilines is 1. The third kappa shape index (κ3) is 4.71. The number of likely N-dealkylation sites (tertiary alicyclic amines) is 1. The number of carboxylic acids is 1. The van der Waals surface area contributed by atoms with E-state index in [-0.39, 0.29) is 17.3 Å². The molecule has 4 heterocycles. The quantitative estimate of drug-likeness (QED) is 0.502. The third-order valence-electron chi connectivity index (χ3n) is 7.42. The van der Waals surface area contributed by atoms with Crippen LogP contribution in [0.15, 0.2) is 24.4 Å². The second-order valence-electron chi connectivity index (χ2n) is 9.72. The predicted octanol–water partition coefficient (Wildman–Crippen LogP) is 5.14. The van der Waals surface area contributed by atoms with Crippen LogP contribution in [0.4, 0.5) is 5.82 Å². The summed E-state index contributed by atoms with van der Waals surface area (Å²) < 4.78 is 1.61. The number of carboxylic acid groups (broad SMARTS) is 1. The molecule has 10 heteroatoms. The van der Waals surface area contributed by atoms with Crippen molar-refractivity contribution in [1.29, 1.82) is 0 Å². The predicted molar refractivity (Wildman–Crippen MR) is 138 cm³/mol. The highest BCUT2D eigenvalue weighted by Crippen LogP contribution is 2.32. The average molecular weight is 517 g/mol. The van der Waals surface area contributed by atoms with E-state index in [0.717, 1.165) is 30.9 Å². The fourth-order valence-electron chi connectivity index (χ4n) is 5.57. The van der Waals surface area contributed by atoms with Crippen molar-refractivity contribution in [3.63, 3.8) is 0 Å². The van der Waals surface area contributed by atoms with Crippen LogP contribution < -0.4 is 4.90 Å². The molecule has 5 rings (SSSR count). The number of carbonyl (C=O) groups is 1. The van der Waals surface area contributed by atoms with Gasteiger partial charge in [0.05, 0.1) is 12.2 Å². The summed E-state index contributed by atoms with van der Waals surface area (Å²) >= 11 is 12.5. The largest absolute Gasteiger partial charge is 0.476 e. The first kappa shape index (κ1) is 24.3. The Morgan fingerprint density at radius 2 is 1.94 bits per heavy atom. The van der Waals surface area contributed by atoms with E-state index < -0.39 is 5.97 Å². The van der Waals surface area contributed by atoms with Gasteiger partial charge in [0.15, 0.2) is 11.3 Å². The van der Waals surface area contributed by atoms with Gasteiger partial charge in [0, 0.05) is 29.2 Å². The molecule has 0 spiro atoms. The third-order valence-corrected chi connectivity index (χ3v) is 7.98. The molecule has 2 aliphatic rings. The Hall–Kier alpha value is -2.42. The van der Waals surface area contributed by atoms with E-state index in [1.165, 1.54) is 32.4 Å². The van der Waals surface area contributed by atoms with Crippen molar-refractivity contribution in [3.05, 3.63) is 45.7 Å². The summed E-state index contributed by atoms with van der Waals surface area (Å²) in [6.45, 7) is 8.40. The van der Waals surface area contributed by atoms with E-state index in [9.17, 15) is 9.90 Å². The number of hydrogen-bond acceptors (Lipinski definition) is 6. The van der Waals surface area contributed by atoms with Crippen molar-refractivity contribution < 1.29 is 9.90 Å². The minimum atomic E-state index is -1.14. The maximum atomic E-state index is 11.9. The highest BCUT2D eigenvalue weighted by atomic mass is 35.5. The maximum Gasteiger partial charge on any atom is 0.358 e. The van der Waals surface area contributed by atoms with Crippen LogP contribution in [-0.4, -0.2) is 67.9 Å². The summed E-state index contributed by atoms with van der Waals surface area (Å²) in [5.74, 6) is 0.112. The van der Waals surface area contributed by atoms with Gasteiger partial charge in [-0.3, -0.25) is 4.90 Å². The number of benzene rings is 1. The van der Waals surface area contributed by atoms with Crippen molar-refractivity contribution in [2.45, 2.75) is 51.6 Å². The summed E-state index contributed by atoms with van der Waals surface area (Å²) in [5.41, 5.74) is 1.37. The monoisotopic (exact) mass is 516 g/mol. The van der Waals surface area contributed by atoms with Gasteiger partial charge in [-0.15, -0.1) is 0 Å². The van der Waals surface area contributed by atoms with E-state index >= 15 is 0 Å². The fourth-order valence-corrected chi connectivity index (χ4v) is 6.14. The zero-order chi connectivity index (χ0) is 24.7. The Morgan fingerprint density at radius 1 is 1.17 bits per heavy atom. The first-order chi connectivity index (χ1) is 16.8. The SMILES string of the molecule is CC1CN(c2cnc3c(C(=O)O)nn(C(C)c4ccc(Cl)cc4Cl)c3n2)CCC1N1CCCCC1. The van der Waals surface area contributed by atoms with E-state index in [1.807, 2.05) is 13.0 Å². The number of halogens is 2. The van der Waals surface area contributed by atoms with Crippen molar-refractivity contribution in [2.75, 3.05) is 31.1 Å². The first-order valence-electron chi connectivity index (χ1n) is 12.3. The zero-order valence-corrected chi connectivity index (χ0v) is 21.5. The lowest BCUT2D eigenvalue weighted by Gasteiger charge is -2.44. The van der Waals surface area contributed by atoms with Crippen LogP contribution in [0, 0.1) is 5.92 Å². The first-order valence-corrected chi connectivity index (χ1v) is 13.0. The standard InChI is InChI=1S/C25H30Cl2N6O2/c1-15-14-32(11-8-20(15)31-9-4-3-5-10-31)21-13-28-22-23(25(34)35)30-33(24(22)29-21)16(2)18-7-6-17(26)12-19(18)27/h6-7,12-13,15-16,20H,3-5,8-11,14H2,1-2H3,(H,34,35). The zero-order valence-electron chi connectivity index (χ0n) is 20.0. The Morgan fingerprint density at radius 3 is 2.63 bits per heavy atom. The Balaban J connectivity index is 1.46. The molecular weight excluding hydrogens is 487 g/mol. The molecule has 0 radical (unpaired) electrons. The molecule has 2 aromatic heterocycles. The van der Waals surface area contributed by atoms with Crippen molar-refractivity contribution >= 4 is 46.2 Å². The van der Waals surface area contributed by atoms with Gasteiger partial charge >= 0.3 is 5.97 Å². The maximum absolute atomic E-state index is 11.9. The van der Waals surface area contributed by atoms with E-state index in [4.69, 9.17) is 28.2 Å². The molecule has 35 heavy (non-hydrogen) atoms. The van der Waals surface area contributed by atoms with Crippen LogP contribution in [-0.2, 0) is 0 Å². The lowest BCUT2D eigenvalue weighted by atomic mass is 9.91. The summed E-state index contributed by atoms with van der Waals surface area (Å²) in [5, 5.41) is 15.1. The normalized spacial score (nSPS) is 22.5. The van der Waals surface area contributed by atoms with Gasteiger partial charge in [0.1, 0.15) is 11.3 Å². The van der Waals surface area contributed by atoms with E-state index in [1.54, 1.807) is 23.0 Å². The number of aromatic nitrogens is 4. The van der Waals surface area contributed by atoms with Crippen molar-refractivity contribution in [1.82, 2.24) is 24.6 Å². The average Bonchev–Trinajstić information content (AvgIpc) is 3.23. The topological polar surface area (TPSA) is 87.4 Å². The number of nitrogens with zero attached hydrogens (tertiary/aromatic N) is 6. The molecule has 8 nitrogen and oxygen atoms in total. The lowest BCUT2D eigenvalue weighted by Crippen LogP contribution is -2.51. The fraction of sp³-hybridized carbons (Fsp3) is 0.520. The van der Waals surface area contributed by atoms with Gasteiger partial charge in [-0.05, 0) is 62.9 Å². The Kier molecular flexibility index (Phi) is 6.88. The molecule has 3 unspecified atom stereocenters. The molecule has 2 saturated heterocycles. The van der Waals surface area contributed by atoms with Gasteiger partial charge in [0.2, 0.25) is 0 Å². The van der Waals surface area contributed by atoms with Crippen LogP contribution in [0.2, 0.25) is 10.0 Å². The molecule has 2 fully saturated rings. The summed E-state index contributed by atoms with van der Waals surface area (Å²) in [6.07, 6.45) is 6.68. The number of piperidine rings is 2. The van der Waals surface area contributed by atoms with E-state index in [0.29, 0.717) is 27.7 Å². The molecule has 2 aliphatic heterocycles. The molecule has 3 aromatic rings. The molecule has 1 aromatic carbocycles. The van der Waals surface area contributed by atoms with Gasteiger partial charge in [0.25, 0.3) is 0 Å². The lowest BCUT2D eigenvalue weighted by molar-refractivity contribution is 0.0691. The van der Waals surface area contributed by atoms with Gasteiger partial charge < -0.3 is 10.0 Å². The summed E-state index contributed by atoms with van der Waals surface area (Å²) in [6, 6.07) is 5.49. The number of rotatable bonds is 5. The highest BCUT2D eigenvalue weighted by Gasteiger charge is 2.32. The molecule has 0 bridgehead atoms. The number of hydrogen-bond donors (Lipinski definition) is 1. The molecule has 1 N–H and O–H groups in total. The Labute approximate surface area is 214 Å². The van der Waals surface area contributed by atoms with Crippen molar-refractivity contribution in [3.8, 4) is 0 Å². The molecule has 0 amide bonds. The van der Waals surface area contributed by atoms with Gasteiger partial charge in [-0.25, -0.2) is 19.4 Å². The number of aromatic carboxylic acids is 1. The Bertz CT molecular complexity index is 1240. The molecule has 3 atom stereocenters. The second kappa shape index (κ2) is 9.91. The van der Waals surface area contributed by atoms with Crippen LogP contribution in [0.1, 0.15) is 61.6 Å². The minimum Gasteiger partial charge on any atom is -0.476 e. The molecular formula is C25H30Cl2N6O2. The van der Waals surface area contributed by atoms with Crippen LogP contribution >= 0.6 is 23.2 Å². The van der Waals surface area contributed by atoms with E-state index in [2.05, 4.69) is 26.8 Å². The molecule has 0 saturated carbocycles. The van der Waals surface area contributed by atoms with Crippen LogP contribution in [0.5, 0.6) is 0 Å². The smallest absolute Gasteiger partial charge is 0.358 e. The van der Waals surface area contributed by atoms with Gasteiger partial charge in [-0.1, -0.05) is 42.6 Å². The highest BCUT2D eigenvalue weighted by molar-refractivity contribution is 6.35. The van der Waals surface area contributed by atoms with Crippen LogP contribution in [0.3, 0.4) is 0 Å². The van der Waals surface area contributed by atoms with Crippen molar-refractivity contribution in [2.24, 2.45) is 5.92 Å². The number of fused-ring (bicyclic) bond motifs is 1.